The molecule has 0 aliphatic carbocycles. The normalized spacial score (nSPS) is 18.8. The Morgan fingerprint density at radius 2 is 2.12 bits per heavy atom. The summed E-state index contributed by atoms with van der Waals surface area (Å²) in [5.41, 5.74) is 0.653. The number of carbonyl (C=O) groups excluding carboxylic acids is 1. The Balaban J connectivity index is 1.73. The zero-order valence-corrected chi connectivity index (χ0v) is 16.8. The van der Waals surface area contributed by atoms with E-state index >= 15 is 0 Å². The summed E-state index contributed by atoms with van der Waals surface area (Å²) < 4.78 is 40.5. The highest BCUT2D eigenvalue weighted by atomic mass is 32.2. The molecule has 1 atom stereocenters. The largest absolute Gasteiger partial charge is 0.355 e. The molecule has 0 unspecified atom stereocenters. The molecule has 1 heterocycles. The molecule has 1 fully saturated rings. The number of piperidine rings is 1. The number of nitrogens with zero attached hydrogens (tertiary/aromatic N) is 2. The van der Waals surface area contributed by atoms with Gasteiger partial charge in [0.25, 0.3) is 10.2 Å². The summed E-state index contributed by atoms with van der Waals surface area (Å²) in [6, 6.07) is 6.65. The Labute approximate surface area is 159 Å². The van der Waals surface area contributed by atoms with Gasteiger partial charge in [-0.25, -0.2) is 4.39 Å². The number of nitrogens with one attached hydrogen (secondary N) is 1. The second kappa shape index (κ2) is 9.68. The average molecular weight is 404 g/mol. The molecule has 6 nitrogen and oxygen atoms in total. The molecule has 1 aliphatic heterocycles. The second-order valence-corrected chi connectivity index (χ2v) is 9.67. The van der Waals surface area contributed by atoms with Crippen LogP contribution in [0.25, 0.3) is 0 Å². The van der Waals surface area contributed by atoms with Crippen LogP contribution in [-0.4, -0.2) is 62.4 Å². The lowest BCUT2D eigenvalue weighted by Gasteiger charge is -2.32. The van der Waals surface area contributed by atoms with Crippen molar-refractivity contribution in [3.8, 4) is 0 Å². The van der Waals surface area contributed by atoms with Gasteiger partial charge in [-0.05, 0) is 24.5 Å². The summed E-state index contributed by atoms with van der Waals surface area (Å²) in [6.07, 6.45) is 1.36. The van der Waals surface area contributed by atoms with Crippen molar-refractivity contribution in [3.63, 3.8) is 0 Å². The van der Waals surface area contributed by atoms with E-state index in [-0.39, 0.29) is 24.2 Å². The van der Waals surface area contributed by atoms with Gasteiger partial charge in [0.2, 0.25) is 5.91 Å². The number of hydrogen-bond donors (Lipinski definition) is 1. The van der Waals surface area contributed by atoms with Crippen molar-refractivity contribution < 1.29 is 17.6 Å². The Morgan fingerprint density at radius 1 is 1.38 bits per heavy atom. The molecular weight excluding hydrogens is 377 g/mol. The third-order valence-electron chi connectivity index (χ3n) is 4.30. The van der Waals surface area contributed by atoms with Crippen LogP contribution in [0.5, 0.6) is 0 Å². The molecule has 0 bridgehead atoms. The maximum absolute atomic E-state index is 13.5. The number of thioether (sulfide) groups is 1. The number of benzene rings is 1. The maximum Gasteiger partial charge on any atom is 0.281 e. The molecule has 2 rings (SSSR count). The number of hydrogen-bond acceptors (Lipinski definition) is 4. The van der Waals surface area contributed by atoms with Crippen LogP contribution >= 0.6 is 11.8 Å². The van der Waals surface area contributed by atoms with Crippen molar-refractivity contribution in [2.45, 2.75) is 18.6 Å². The van der Waals surface area contributed by atoms with Gasteiger partial charge in [0.05, 0.1) is 5.92 Å². The summed E-state index contributed by atoms with van der Waals surface area (Å²) in [5.74, 6) is 0.575. The lowest BCUT2D eigenvalue weighted by Crippen LogP contribution is -2.49. The fourth-order valence-electron chi connectivity index (χ4n) is 2.79. The average Bonchev–Trinajstić information content (AvgIpc) is 2.62. The highest BCUT2D eigenvalue weighted by Gasteiger charge is 2.33. The second-order valence-electron chi connectivity index (χ2n) is 6.42. The van der Waals surface area contributed by atoms with Crippen LogP contribution in [0.3, 0.4) is 0 Å². The Hall–Kier alpha value is -1.16. The van der Waals surface area contributed by atoms with E-state index < -0.39 is 10.2 Å². The first-order valence-electron chi connectivity index (χ1n) is 8.59. The van der Waals surface area contributed by atoms with Crippen LogP contribution in [0.4, 0.5) is 4.39 Å². The van der Waals surface area contributed by atoms with Crippen LogP contribution in [-0.2, 0) is 20.8 Å². The summed E-state index contributed by atoms with van der Waals surface area (Å²) in [4.78, 5) is 12.3. The van der Waals surface area contributed by atoms with Gasteiger partial charge in [-0.3, -0.25) is 4.79 Å². The highest BCUT2D eigenvalue weighted by Crippen LogP contribution is 2.20. The van der Waals surface area contributed by atoms with Gasteiger partial charge in [-0.1, -0.05) is 18.2 Å². The van der Waals surface area contributed by atoms with E-state index in [2.05, 4.69) is 5.32 Å². The lowest BCUT2D eigenvalue weighted by atomic mass is 9.99. The van der Waals surface area contributed by atoms with Gasteiger partial charge >= 0.3 is 0 Å². The molecule has 0 aromatic heterocycles. The topological polar surface area (TPSA) is 69.7 Å². The number of amides is 1. The molecular formula is C17H26FN3O3S2. The summed E-state index contributed by atoms with van der Waals surface area (Å²) in [6.45, 7) is 1.15. The van der Waals surface area contributed by atoms with Gasteiger partial charge in [0.1, 0.15) is 5.82 Å². The maximum atomic E-state index is 13.5. The molecule has 26 heavy (non-hydrogen) atoms. The van der Waals surface area contributed by atoms with Crippen molar-refractivity contribution in [2.24, 2.45) is 5.92 Å². The van der Waals surface area contributed by atoms with E-state index in [1.54, 1.807) is 30.0 Å². The van der Waals surface area contributed by atoms with E-state index in [1.165, 1.54) is 28.8 Å². The van der Waals surface area contributed by atoms with Crippen LogP contribution in [0.15, 0.2) is 24.3 Å². The number of halogens is 1. The molecule has 0 saturated carbocycles. The van der Waals surface area contributed by atoms with E-state index in [0.29, 0.717) is 43.0 Å². The van der Waals surface area contributed by atoms with Gasteiger partial charge in [0, 0.05) is 45.2 Å². The van der Waals surface area contributed by atoms with Gasteiger partial charge in [-0.15, -0.1) is 0 Å². The van der Waals surface area contributed by atoms with Crippen molar-refractivity contribution in [3.05, 3.63) is 35.6 Å². The van der Waals surface area contributed by atoms with Crippen LogP contribution in [0.1, 0.15) is 18.4 Å². The van der Waals surface area contributed by atoms with Crippen LogP contribution < -0.4 is 5.32 Å². The molecule has 0 spiro atoms. The molecule has 146 valence electrons. The highest BCUT2D eigenvalue weighted by molar-refractivity contribution is 7.98. The van der Waals surface area contributed by atoms with Gasteiger partial charge in [0.15, 0.2) is 0 Å². The minimum absolute atomic E-state index is 0.116. The molecule has 1 aromatic carbocycles. The first kappa shape index (κ1) is 21.1. The predicted molar refractivity (Wildman–Crippen MR) is 102 cm³/mol. The fourth-order valence-corrected chi connectivity index (χ4v) is 4.82. The van der Waals surface area contributed by atoms with Crippen molar-refractivity contribution >= 4 is 27.9 Å². The third-order valence-corrected chi connectivity index (χ3v) is 7.22. The number of carbonyl (C=O) groups is 1. The molecule has 9 heteroatoms. The minimum atomic E-state index is -3.48. The minimum Gasteiger partial charge on any atom is -0.355 e. The molecule has 1 aliphatic rings. The first-order chi connectivity index (χ1) is 12.3. The SMILES string of the molecule is CN(C)S(=O)(=O)N1CCC[C@@H](C(=O)NCCSCc2ccccc2F)C1. The first-order valence-corrected chi connectivity index (χ1v) is 11.1. The fraction of sp³-hybridized carbons (Fsp3) is 0.588. The Kier molecular flexibility index (Phi) is 7.87. The van der Waals surface area contributed by atoms with Gasteiger partial charge in [-0.2, -0.15) is 28.8 Å². The van der Waals surface area contributed by atoms with E-state index in [0.717, 1.165) is 0 Å². The van der Waals surface area contributed by atoms with Crippen LogP contribution in [0.2, 0.25) is 0 Å². The van der Waals surface area contributed by atoms with Gasteiger partial charge < -0.3 is 5.32 Å². The summed E-state index contributed by atoms with van der Waals surface area (Å²) in [7, 11) is -0.499. The molecule has 1 aromatic rings. The van der Waals surface area contributed by atoms with Crippen molar-refractivity contribution in [2.75, 3.05) is 39.5 Å². The van der Waals surface area contributed by atoms with Crippen molar-refractivity contribution in [1.82, 2.24) is 13.9 Å². The van der Waals surface area contributed by atoms with E-state index in [1.807, 2.05) is 0 Å². The molecule has 1 saturated heterocycles. The standard InChI is InChI=1S/C17H26FN3O3S2/c1-20(2)26(23,24)21-10-5-7-14(12-21)17(22)19-9-11-25-13-15-6-3-4-8-16(15)18/h3-4,6,8,14H,5,7,9-13H2,1-2H3,(H,19,22)/t14-/m1/s1. The lowest BCUT2D eigenvalue weighted by molar-refractivity contribution is -0.125. The zero-order chi connectivity index (χ0) is 19.2. The molecule has 1 amide bonds. The predicted octanol–water partition coefficient (Wildman–Crippen LogP) is 1.69. The number of rotatable bonds is 8. The molecule has 0 radical (unpaired) electrons. The zero-order valence-electron chi connectivity index (χ0n) is 15.2. The Bertz CT molecular complexity index is 713. The van der Waals surface area contributed by atoms with Crippen LogP contribution in [0, 0.1) is 11.7 Å². The van der Waals surface area contributed by atoms with E-state index in [4.69, 9.17) is 0 Å². The third kappa shape index (κ3) is 5.67. The monoisotopic (exact) mass is 403 g/mol. The Morgan fingerprint density at radius 3 is 2.81 bits per heavy atom. The smallest absolute Gasteiger partial charge is 0.281 e. The van der Waals surface area contributed by atoms with Crippen molar-refractivity contribution in [1.29, 1.82) is 0 Å². The van der Waals surface area contributed by atoms with E-state index in [9.17, 15) is 17.6 Å². The quantitative estimate of drug-likeness (QED) is 0.671. The summed E-state index contributed by atoms with van der Waals surface area (Å²) >= 11 is 1.55. The summed E-state index contributed by atoms with van der Waals surface area (Å²) in [5, 5.41) is 2.87. The molecule has 1 N–H and O–H groups in total.